The molecule has 1 amide bonds. The average molecular weight is 433 g/mol. The average Bonchev–Trinajstić information content (AvgIpc) is 3.23. The van der Waals surface area contributed by atoms with Gasteiger partial charge in [0.25, 0.3) is 15.9 Å². The topological polar surface area (TPSA) is 84.9 Å². The molecule has 0 bridgehead atoms. The number of nitrogens with zero attached hydrogens (tertiary/aromatic N) is 1. The first kappa shape index (κ1) is 20.7. The lowest BCUT2D eigenvalue weighted by molar-refractivity contribution is 0.103. The number of thiophene rings is 1. The summed E-state index contributed by atoms with van der Waals surface area (Å²) in [4.78, 5) is 13.3. The van der Waals surface area contributed by atoms with Crippen LogP contribution in [-0.4, -0.2) is 35.6 Å². The minimum Gasteiger partial charge on any atom is -0.497 e. The number of hydrogen-bond donors (Lipinski definition) is 1. The van der Waals surface area contributed by atoms with Crippen molar-refractivity contribution in [3.05, 3.63) is 64.9 Å². The highest BCUT2D eigenvalue weighted by Crippen LogP contribution is 2.32. The van der Waals surface area contributed by atoms with E-state index in [-0.39, 0.29) is 9.77 Å². The number of amides is 1. The number of sulfonamides is 1. The van der Waals surface area contributed by atoms with E-state index in [0.717, 1.165) is 15.6 Å². The molecule has 0 saturated carbocycles. The maximum Gasteiger partial charge on any atom is 0.267 e. The molecule has 3 aromatic rings. The van der Waals surface area contributed by atoms with Gasteiger partial charge in [-0.15, -0.1) is 11.3 Å². The molecule has 0 saturated heterocycles. The lowest BCUT2D eigenvalue weighted by Crippen LogP contribution is -2.28. The summed E-state index contributed by atoms with van der Waals surface area (Å²) < 4.78 is 37.3. The third-order valence-electron chi connectivity index (χ3n) is 4.20. The van der Waals surface area contributed by atoms with Gasteiger partial charge in [0, 0.05) is 30.9 Å². The van der Waals surface area contributed by atoms with Crippen LogP contribution in [0.1, 0.15) is 9.67 Å². The van der Waals surface area contributed by atoms with Crippen molar-refractivity contribution in [3.63, 3.8) is 0 Å². The van der Waals surface area contributed by atoms with E-state index in [2.05, 4.69) is 5.32 Å². The van der Waals surface area contributed by atoms with Gasteiger partial charge in [-0.3, -0.25) is 9.10 Å². The Morgan fingerprint density at radius 3 is 2.21 bits per heavy atom. The third kappa shape index (κ3) is 4.36. The number of anilines is 2. The van der Waals surface area contributed by atoms with Gasteiger partial charge >= 0.3 is 0 Å². The fraction of sp³-hybridized carbons (Fsp3) is 0.150. The zero-order valence-electron chi connectivity index (χ0n) is 16.1. The second-order valence-corrected chi connectivity index (χ2v) is 8.86. The van der Waals surface area contributed by atoms with E-state index in [1.54, 1.807) is 47.8 Å². The minimum atomic E-state index is -3.79. The van der Waals surface area contributed by atoms with Crippen molar-refractivity contribution in [1.29, 1.82) is 0 Å². The summed E-state index contributed by atoms with van der Waals surface area (Å²) in [6, 6.07) is 14.7. The highest BCUT2D eigenvalue weighted by atomic mass is 32.2. The van der Waals surface area contributed by atoms with Crippen molar-refractivity contribution < 1.29 is 22.7 Å². The van der Waals surface area contributed by atoms with Crippen molar-refractivity contribution in [1.82, 2.24) is 0 Å². The van der Waals surface area contributed by atoms with Crippen LogP contribution in [0, 0.1) is 0 Å². The Balaban J connectivity index is 1.89. The highest BCUT2D eigenvalue weighted by molar-refractivity contribution is 7.92. The molecule has 3 rings (SSSR count). The SMILES string of the molecule is COc1cc(NC(=O)c2sccc2N(C)S(=O)(=O)c2ccccc2)cc(OC)c1. The largest absolute Gasteiger partial charge is 0.497 e. The van der Waals surface area contributed by atoms with Gasteiger partial charge in [-0.25, -0.2) is 8.42 Å². The van der Waals surface area contributed by atoms with Gasteiger partial charge in [-0.2, -0.15) is 0 Å². The lowest BCUT2D eigenvalue weighted by atomic mass is 10.2. The van der Waals surface area contributed by atoms with Crippen LogP contribution in [0.25, 0.3) is 0 Å². The Kier molecular flexibility index (Phi) is 6.09. The van der Waals surface area contributed by atoms with Gasteiger partial charge in [0.1, 0.15) is 16.4 Å². The zero-order valence-corrected chi connectivity index (χ0v) is 17.7. The fourth-order valence-electron chi connectivity index (χ4n) is 2.67. The number of hydrogen-bond acceptors (Lipinski definition) is 6. The van der Waals surface area contributed by atoms with Crippen LogP contribution in [0.3, 0.4) is 0 Å². The predicted octanol–water partition coefficient (Wildman–Crippen LogP) is 3.84. The summed E-state index contributed by atoms with van der Waals surface area (Å²) in [5.74, 6) is 0.616. The first-order valence-corrected chi connectivity index (χ1v) is 10.8. The fourth-order valence-corrected chi connectivity index (χ4v) is 4.77. The molecule has 0 atom stereocenters. The summed E-state index contributed by atoms with van der Waals surface area (Å²) >= 11 is 1.16. The summed E-state index contributed by atoms with van der Waals surface area (Å²) in [6.07, 6.45) is 0. The predicted molar refractivity (Wildman–Crippen MR) is 114 cm³/mol. The monoisotopic (exact) mass is 432 g/mol. The van der Waals surface area contributed by atoms with Gasteiger partial charge in [-0.05, 0) is 23.6 Å². The Bertz CT molecular complexity index is 1090. The van der Waals surface area contributed by atoms with Gasteiger partial charge in [0.15, 0.2) is 0 Å². The molecule has 29 heavy (non-hydrogen) atoms. The normalized spacial score (nSPS) is 11.0. The van der Waals surface area contributed by atoms with E-state index in [1.165, 1.54) is 33.4 Å². The van der Waals surface area contributed by atoms with E-state index < -0.39 is 15.9 Å². The van der Waals surface area contributed by atoms with Crippen LogP contribution in [0.4, 0.5) is 11.4 Å². The molecule has 1 heterocycles. The molecule has 0 fully saturated rings. The van der Waals surface area contributed by atoms with Crippen molar-refractivity contribution >= 4 is 38.6 Å². The summed E-state index contributed by atoms with van der Waals surface area (Å²) in [6.45, 7) is 0. The second kappa shape index (κ2) is 8.54. The molecule has 1 aromatic heterocycles. The van der Waals surface area contributed by atoms with Crippen LogP contribution < -0.4 is 19.1 Å². The van der Waals surface area contributed by atoms with Crippen molar-refractivity contribution in [2.45, 2.75) is 4.90 Å². The maximum atomic E-state index is 12.9. The Morgan fingerprint density at radius 2 is 1.62 bits per heavy atom. The molecule has 9 heteroatoms. The van der Waals surface area contributed by atoms with Gasteiger partial charge < -0.3 is 14.8 Å². The molecule has 0 aliphatic carbocycles. The number of ether oxygens (including phenoxy) is 2. The maximum absolute atomic E-state index is 12.9. The number of methoxy groups -OCH3 is 2. The Hall–Kier alpha value is -3.04. The molecular weight excluding hydrogens is 412 g/mol. The zero-order chi connectivity index (χ0) is 21.0. The van der Waals surface area contributed by atoms with E-state index in [0.29, 0.717) is 22.9 Å². The first-order chi connectivity index (χ1) is 13.9. The molecule has 7 nitrogen and oxygen atoms in total. The Labute approximate surface area is 173 Å². The smallest absolute Gasteiger partial charge is 0.267 e. The van der Waals surface area contributed by atoms with Gasteiger partial charge in [0.05, 0.1) is 24.8 Å². The van der Waals surface area contributed by atoms with Crippen LogP contribution >= 0.6 is 11.3 Å². The number of carbonyl (C=O) groups excluding carboxylic acids is 1. The van der Waals surface area contributed by atoms with Crippen molar-refractivity contribution in [3.8, 4) is 11.5 Å². The van der Waals surface area contributed by atoms with E-state index in [1.807, 2.05) is 0 Å². The van der Waals surface area contributed by atoms with Crippen LogP contribution in [0.15, 0.2) is 64.9 Å². The second-order valence-electron chi connectivity index (χ2n) is 5.98. The summed E-state index contributed by atoms with van der Waals surface area (Å²) in [7, 11) is 0.664. The molecular formula is C20H20N2O5S2. The van der Waals surface area contributed by atoms with Crippen LogP contribution in [0.2, 0.25) is 0 Å². The van der Waals surface area contributed by atoms with Crippen molar-refractivity contribution in [2.24, 2.45) is 0 Å². The Morgan fingerprint density at radius 1 is 1.00 bits per heavy atom. The van der Waals surface area contributed by atoms with Gasteiger partial charge in [-0.1, -0.05) is 18.2 Å². The van der Waals surface area contributed by atoms with Gasteiger partial charge in [0.2, 0.25) is 0 Å². The molecule has 0 aliphatic heterocycles. The van der Waals surface area contributed by atoms with Crippen LogP contribution in [0.5, 0.6) is 11.5 Å². The van der Waals surface area contributed by atoms with Crippen molar-refractivity contribution in [2.75, 3.05) is 30.9 Å². The minimum absolute atomic E-state index is 0.151. The molecule has 2 aromatic carbocycles. The number of rotatable bonds is 7. The molecule has 0 radical (unpaired) electrons. The highest BCUT2D eigenvalue weighted by Gasteiger charge is 2.26. The quantitative estimate of drug-likeness (QED) is 0.613. The summed E-state index contributed by atoms with van der Waals surface area (Å²) in [5.41, 5.74) is 0.769. The molecule has 152 valence electrons. The number of carbonyl (C=O) groups is 1. The standard InChI is InChI=1S/C20H20N2O5S2/c1-22(29(24,25)17-7-5-4-6-8-17)18-9-10-28-19(18)20(23)21-14-11-15(26-2)13-16(12-14)27-3/h4-13H,1-3H3,(H,21,23). The molecule has 0 unspecified atom stereocenters. The summed E-state index contributed by atoms with van der Waals surface area (Å²) in [5, 5.41) is 4.44. The molecule has 0 aliphatic rings. The molecule has 1 N–H and O–H groups in total. The number of nitrogens with one attached hydrogen (secondary N) is 1. The molecule has 0 spiro atoms. The van der Waals surface area contributed by atoms with E-state index in [9.17, 15) is 13.2 Å². The first-order valence-electron chi connectivity index (χ1n) is 8.52. The van der Waals surface area contributed by atoms with E-state index >= 15 is 0 Å². The van der Waals surface area contributed by atoms with Crippen LogP contribution in [-0.2, 0) is 10.0 Å². The lowest BCUT2D eigenvalue weighted by Gasteiger charge is -2.19. The number of benzene rings is 2. The third-order valence-corrected chi connectivity index (χ3v) is 6.89. The van der Waals surface area contributed by atoms with E-state index in [4.69, 9.17) is 9.47 Å².